The first-order valence-corrected chi connectivity index (χ1v) is 3.43. The molecule has 79 valence electrons. The Morgan fingerprint density at radius 2 is 1.56 bits per heavy atom. The topological polar surface area (TPSA) is 89.4 Å². The van der Waals surface area contributed by atoms with E-state index < -0.39 is 29.5 Å². The van der Waals surface area contributed by atoms with Crippen molar-refractivity contribution < 1.29 is 18.0 Å². The zero-order valence-corrected chi connectivity index (χ0v) is 8.64. The number of hydrogen-bond donors (Lipinski definition) is 0. The Morgan fingerprint density at radius 3 is 1.75 bits per heavy atom. The first-order valence-electron chi connectivity index (χ1n) is 3.43. The molecule has 16 heavy (non-hydrogen) atoms. The number of aldehydes is 1. The van der Waals surface area contributed by atoms with Crippen LogP contribution in [0.5, 0.6) is 0 Å². The molecule has 0 N–H and O–H groups in total. The van der Waals surface area contributed by atoms with Crippen molar-refractivity contribution in [1.29, 1.82) is 10.5 Å². The van der Waals surface area contributed by atoms with Crippen LogP contribution in [0.4, 0.5) is 13.2 Å². The van der Waals surface area contributed by atoms with Gasteiger partial charge in [-0.25, -0.2) is 9.98 Å². The number of rotatable bonds is 1. The third-order valence-corrected chi connectivity index (χ3v) is 1.58. The fourth-order valence-electron chi connectivity index (χ4n) is 0.874. The highest BCUT2D eigenvalue weighted by Crippen LogP contribution is 2.36. The maximum Gasteiger partial charge on any atom is 0.441 e. The van der Waals surface area contributed by atoms with Crippen molar-refractivity contribution >= 4 is 35.1 Å². The number of nitriles is 2. The Kier molecular flexibility index (Phi) is 3.97. The van der Waals surface area contributed by atoms with Crippen LogP contribution in [0.1, 0.15) is 0 Å². The third-order valence-electron chi connectivity index (χ3n) is 1.58. The number of nitrogens with zero attached hydrogens (tertiary/aromatic N) is 4. The van der Waals surface area contributed by atoms with E-state index in [9.17, 15) is 18.0 Å². The molecule has 0 saturated carbocycles. The monoisotopic (exact) mass is 241 g/mol. The van der Waals surface area contributed by atoms with Crippen molar-refractivity contribution in [2.24, 2.45) is 9.98 Å². The normalized spacial score (nSPS) is 17.3. The third kappa shape index (κ3) is 1.97. The molecule has 1 heterocycles. The molecule has 0 bridgehead atoms. The number of carbonyl (C=O) groups excluding carboxylic acids is 1. The zero-order valence-electron chi connectivity index (χ0n) is 7.49. The molecular weight excluding hydrogens is 240 g/mol. The number of carbonyl (C=O) groups is 1. The van der Waals surface area contributed by atoms with Gasteiger partial charge in [0.2, 0.25) is 0 Å². The minimum atomic E-state index is -5.06. The highest BCUT2D eigenvalue weighted by atomic mass is 27.0. The first kappa shape index (κ1) is 14.3. The van der Waals surface area contributed by atoms with E-state index >= 15 is 0 Å². The summed E-state index contributed by atoms with van der Waals surface area (Å²) in [6, 6.07) is 2.53. The van der Waals surface area contributed by atoms with Crippen molar-refractivity contribution in [3.8, 4) is 12.1 Å². The smallest absolute Gasteiger partial charge is 0.298 e. The summed E-state index contributed by atoms with van der Waals surface area (Å²) in [5.74, 6) is 0. The van der Waals surface area contributed by atoms with Crippen molar-refractivity contribution in [2.45, 2.75) is 11.8 Å². The zero-order chi connectivity index (χ0) is 11.7. The van der Waals surface area contributed by atoms with Crippen LogP contribution in [0.3, 0.4) is 0 Å². The van der Waals surface area contributed by atoms with Gasteiger partial charge in [-0.05, 0) is 0 Å². The molecule has 0 amide bonds. The Labute approximate surface area is 98.0 Å². The summed E-state index contributed by atoms with van der Waals surface area (Å²) in [5, 5.41) is 16.7. The van der Waals surface area contributed by atoms with Gasteiger partial charge in [-0.15, -0.1) is 0 Å². The number of halogens is 3. The average molecular weight is 241 g/mol. The molecule has 1 aliphatic heterocycles. The van der Waals surface area contributed by atoms with Gasteiger partial charge in [-0.2, -0.15) is 23.7 Å². The summed E-state index contributed by atoms with van der Waals surface area (Å²) in [6.07, 6.45) is -5.61. The summed E-state index contributed by atoms with van der Waals surface area (Å²) in [5.41, 5.74) is -4.91. The SMILES string of the molecule is N#CC1=NC(C=O)(C(F)(F)F)N=C1C#N.[Al]. The molecular formula is C7HAlF3N4O. The fourth-order valence-corrected chi connectivity index (χ4v) is 0.874. The lowest BCUT2D eigenvalue weighted by Crippen LogP contribution is -2.42. The molecule has 3 radical (unpaired) electrons. The van der Waals surface area contributed by atoms with Gasteiger partial charge in [0, 0.05) is 17.4 Å². The Morgan fingerprint density at radius 1 is 1.19 bits per heavy atom. The van der Waals surface area contributed by atoms with E-state index in [1.807, 2.05) is 0 Å². The second-order valence-corrected chi connectivity index (χ2v) is 2.49. The molecule has 5 nitrogen and oxygen atoms in total. The van der Waals surface area contributed by atoms with Crippen LogP contribution in [0.25, 0.3) is 0 Å². The van der Waals surface area contributed by atoms with E-state index in [0.717, 1.165) is 0 Å². The predicted molar refractivity (Wildman–Crippen MR) is 46.7 cm³/mol. The maximum absolute atomic E-state index is 12.4. The minimum Gasteiger partial charge on any atom is -0.298 e. The lowest BCUT2D eigenvalue weighted by Gasteiger charge is -2.18. The van der Waals surface area contributed by atoms with Crippen LogP contribution in [0, 0.1) is 22.7 Å². The molecule has 0 aromatic rings. The molecule has 0 aromatic carbocycles. The van der Waals surface area contributed by atoms with E-state index in [1.165, 1.54) is 12.1 Å². The van der Waals surface area contributed by atoms with Gasteiger partial charge in [-0.1, -0.05) is 0 Å². The summed E-state index contributed by atoms with van der Waals surface area (Å²) < 4.78 is 37.1. The predicted octanol–water partition coefficient (Wildman–Crippen LogP) is 0.00586. The Balaban J connectivity index is 0.00000225. The van der Waals surface area contributed by atoms with Crippen molar-refractivity contribution in [3.63, 3.8) is 0 Å². The van der Waals surface area contributed by atoms with Gasteiger partial charge < -0.3 is 0 Å². The van der Waals surface area contributed by atoms with Crippen molar-refractivity contribution in [1.82, 2.24) is 0 Å². The second kappa shape index (κ2) is 4.44. The summed E-state index contributed by atoms with van der Waals surface area (Å²) in [4.78, 5) is 16.0. The standard InChI is InChI=1S/C7HF3N4O.Al/c8-7(9,10)6(3-15)13-4(1-11)5(2-12)14-6;/h3H;. The van der Waals surface area contributed by atoms with Gasteiger partial charge in [0.05, 0.1) is 0 Å². The molecule has 1 rings (SSSR count). The van der Waals surface area contributed by atoms with E-state index in [1.54, 1.807) is 0 Å². The molecule has 0 unspecified atom stereocenters. The van der Waals surface area contributed by atoms with Crippen LogP contribution in [-0.2, 0) is 4.79 Å². The van der Waals surface area contributed by atoms with Crippen molar-refractivity contribution in [2.75, 3.05) is 0 Å². The number of aliphatic imine (C=N–C) groups is 2. The minimum absolute atomic E-state index is 0. The maximum atomic E-state index is 12.4. The molecule has 0 aromatic heterocycles. The fraction of sp³-hybridized carbons (Fsp3) is 0.286. The number of alkyl halides is 3. The average Bonchev–Trinajstić information content (AvgIpc) is 2.56. The number of hydrogen-bond acceptors (Lipinski definition) is 5. The van der Waals surface area contributed by atoms with Gasteiger partial charge >= 0.3 is 11.8 Å². The van der Waals surface area contributed by atoms with Gasteiger partial charge in [0.15, 0.2) is 17.7 Å². The summed E-state index contributed by atoms with van der Waals surface area (Å²) in [7, 11) is 0. The second-order valence-electron chi connectivity index (χ2n) is 2.49. The molecule has 0 saturated heterocycles. The molecule has 1 aliphatic rings. The molecule has 0 fully saturated rings. The van der Waals surface area contributed by atoms with Crippen molar-refractivity contribution in [3.05, 3.63) is 0 Å². The first-order chi connectivity index (χ1) is 6.90. The summed E-state index contributed by atoms with van der Waals surface area (Å²) in [6.45, 7) is 0. The van der Waals surface area contributed by atoms with E-state index in [2.05, 4.69) is 9.98 Å². The van der Waals surface area contributed by atoms with Gasteiger partial charge in [-0.3, -0.25) is 4.79 Å². The van der Waals surface area contributed by atoms with Crippen LogP contribution >= 0.6 is 0 Å². The van der Waals surface area contributed by atoms with E-state index in [-0.39, 0.29) is 17.4 Å². The molecule has 9 heteroatoms. The van der Waals surface area contributed by atoms with E-state index in [4.69, 9.17) is 10.5 Å². The molecule has 0 spiro atoms. The Bertz CT molecular complexity index is 424. The van der Waals surface area contributed by atoms with Crippen LogP contribution in [0.2, 0.25) is 0 Å². The van der Waals surface area contributed by atoms with Gasteiger partial charge in [0.1, 0.15) is 12.1 Å². The molecule has 0 atom stereocenters. The largest absolute Gasteiger partial charge is 0.441 e. The Hall–Kier alpha value is -1.69. The summed E-state index contributed by atoms with van der Waals surface area (Å²) >= 11 is 0. The molecule has 0 aliphatic carbocycles. The highest BCUT2D eigenvalue weighted by molar-refractivity contribution is 6.54. The highest BCUT2D eigenvalue weighted by Gasteiger charge is 2.59. The quantitative estimate of drug-likeness (QED) is 0.478. The lowest BCUT2D eigenvalue weighted by atomic mass is 10.2. The lowest BCUT2D eigenvalue weighted by molar-refractivity contribution is -0.179. The van der Waals surface area contributed by atoms with Crippen LogP contribution in [-0.4, -0.2) is 46.9 Å². The van der Waals surface area contributed by atoms with Crippen LogP contribution in [0.15, 0.2) is 9.98 Å². The van der Waals surface area contributed by atoms with Gasteiger partial charge in [0.25, 0.3) is 0 Å². The van der Waals surface area contributed by atoms with E-state index in [0.29, 0.717) is 0 Å². The van der Waals surface area contributed by atoms with Crippen LogP contribution < -0.4 is 0 Å².